The zero-order chi connectivity index (χ0) is 20.9. The van der Waals surface area contributed by atoms with Crippen LogP contribution in [-0.2, 0) is 17.1 Å². The van der Waals surface area contributed by atoms with Gasteiger partial charge in [-0.05, 0) is 42.3 Å². The summed E-state index contributed by atoms with van der Waals surface area (Å²) in [6, 6.07) is 16.0. The minimum Gasteiger partial charge on any atom is -0.477 e. The van der Waals surface area contributed by atoms with Crippen molar-refractivity contribution in [3.05, 3.63) is 65.0 Å². The normalized spacial score (nSPS) is 11.8. The maximum absolute atomic E-state index is 12.0. The van der Waals surface area contributed by atoms with E-state index in [-0.39, 0.29) is 9.77 Å². The standard InChI is InChI=1S/C21H18N2O4S2/c1-12-18(13-7-9-15(10-8-13)29(22,26)27)20(21(24)25)28-19(12)17-11-14-5-3-4-6-16(14)23(17)2/h3-11H,1-2H3,(H,24,25)(H2,22,26,27). The maximum Gasteiger partial charge on any atom is 0.346 e. The molecule has 0 aliphatic rings. The summed E-state index contributed by atoms with van der Waals surface area (Å²) in [4.78, 5) is 13.0. The first kappa shape index (κ1) is 19.4. The molecule has 3 N–H and O–H groups in total. The third-order valence-electron chi connectivity index (χ3n) is 5.00. The number of carbonyl (C=O) groups is 1. The lowest BCUT2D eigenvalue weighted by Gasteiger charge is -2.06. The third kappa shape index (κ3) is 3.25. The molecule has 0 radical (unpaired) electrons. The van der Waals surface area contributed by atoms with Gasteiger partial charge in [-0.25, -0.2) is 18.4 Å². The van der Waals surface area contributed by atoms with Gasteiger partial charge in [0.2, 0.25) is 10.0 Å². The lowest BCUT2D eigenvalue weighted by atomic mass is 10.0. The van der Waals surface area contributed by atoms with Gasteiger partial charge < -0.3 is 9.67 Å². The summed E-state index contributed by atoms with van der Waals surface area (Å²) in [7, 11) is -1.86. The average Bonchev–Trinajstić information content (AvgIpc) is 3.19. The van der Waals surface area contributed by atoms with E-state index < -0.39 is 16.0 Å². The molecule has 0 spiro atoms. The average molecular weight is 427 g/mol. The number of nitrogens with zero attached hydrogens (tertiary/aromatic N) is 1. The third-order valence-corrected chi connectivity index (χ3v) is 7.23. The van der Waals surface area contributed by atoms with Crippen LogP contribution in [-0.4, -0.2) is 24.1 Å². The van der Waals surface area contributed by atoms with Crippen LogP contribution in [0, 0.1) is 6.92 Å². The second-order valence-electron chi connectivity index (χ2n) is 6.78. The van der Waals surface area contributed by atoms with Crippen molar-refractivity contribution < 1.29 is 18.3 Å². The Morgan fingerprint density at radius 3 is 2.34 bits per heavy atom. The smallest absolute Gasteiger partial charge is 0.346 e. The van der Waals surface area contributed by atoms with Crippen molar-refractivity contribution in [1.29, 1.82) is 0 Å². The molecule has 0 saturated carbocycles. The highest BCUT2D eigenvalue weighted by atomic mass is 32.2. The lowest BCUT2D eigenvalue weighted by molar-refractivity contribution is 0.0703. The fraction of sp³-hybridized carbons (Fsp3) is 0.0952. The molecular formula is C21H18N2O4S2. The second kappa shape index (κ2) is 6.84. The Morgan fingerprint density at radius 2 is 1.76 bits per heavy atom. The predicted molar refractivity (Wildman–Crippen MR) is 115 cm³/mol. The molecule has 0 aliphatic heterocycles. The molecule has 4 aromatic rings. The number of aryl methyl sites for hydroxylation is 1. The van der Waals surface area contributed by atoms with Crippen LogP contribution < -0.4 is 5.14 Å². The molecule has 2 aromatic carbocycles. The zero-order valence-electron chi connectivity index (χ0n) is 15.7. The second-order valence-corrected chi connectivity index (χ2v) is 9.36. The highest BCUT2D eigenvalue weighted by molar-refractivity contribution is 7.89. The minimum atomic E-state index is -3.81. The summed E-state index contributed by atoms with van der Waals surface area (Å²) in [5, 5.41) is 16.0. The number of rotatable bonds is 4. The van der Waals surface area contributed by atoms with Crippen LogP contribution >= 0.6 is 11.3 Å². The minimum absolute atomic E-state index is 0.0140. The van der Waals surface area contributed by atoms with Crippen LogP contribution in [0.25, 0.3) is 32.6 Å². The quantitative estimate of drug-likeness (QED) is 0.510. The number of primary sulfonamides is 1. The summed E-state index contributed by atoms with van der Waals surface area (Å²) < 4.78 is 25.1. The number of benzene rings is 2. The fourth-order valence-corrected chi connectivity index (χ4v) is 5.31. The molecule has 0 bridgehead atoms. The number of hydrogen-bond donors (Lipinski definition) is 2. The number of hydrogen-bond acceptors (Lipinski definition) is 4. The molecule has 148 valence electrons. The predicted octanol–water partition coefficient (Wildman–Crippen LogP) is 4.23. The van der Waals surface area contributed by atoms with E-state index in [0.29, 0.717) is 11.1 Å². The summed E-state index contributed by atoms with van der Waals surface area (Å²) >= 11 is 1.22. The van der Waals surface area contributed by atoms with Crippen LogP contribution in [0.1, 0.15) is 15.2 Å². The Morgan fingerprint density at radius 1 is 1.10 bits per heavy atom. The Kier molecular flexibility index (Phi) is 4.57. The topological polar surface area (TPSA) is 102 Å². The van der Waals surface area contributed by atoms with Crippen molar-refractivity contribution in [1.82, 2.24) is 4.57 Å². The molecule has 0 atom stereocenters. The molecule has 0 fully saturated rings. The van der Waals surface area contributed by atoms with E-state index in [1.165, 1.54) is 23.5 Å². The molecule has 2 aromatic heterocycles. The molecule has 6 nitrogen and oxygen atoms in total. The van der Waals surface area contributed by atoms with Gasteiger partial charge in [-0.15, -0.1) is 11.3 Å². The first-order valence-corrected chi connectivity index (χ1v) is 11.1. The summed E-state index contributed by atoms with van der Waals surface area (Å²) in [6.07, 6.45) is 0. The summed E-state index contributed by atoms with van der Waals surface area (Å²) in [5.41, 5.74) is 4.05. The van der Waals surface area contributed by atoms with Crippen molar-refractivity contribution in [3.63, 3.8) is 0 Å². The van der Waals surface area contributed by atoms with E-state index in [1.807, 2.05) is 48.9 Å². The van der Waals surface area contributed by atoms with E-state index in [0.717, 1.165) is 27.0 Å². The van der Waals surface area contributed by atoms with E-state index in [2.05, 4.69) is 0 Å². The van der Waals surface area contributed by atoms with Gasteiger partial charge in [0.05, 0.1) is 15.5 Å². The van der Waals surface area contributed by atoms with Crippen molar-refractivity contribution >= 4 is 38.2 Å². The number of carboxylic acids is 1. The fourth-order valence-electron chi connectivity index (χ4n) is 3.57. The monoisotopic (exact) mass is 426 g/mol. The van der Waals surface area contributed by atoms with Gasteiger partial charge in [0.15, 0.2) is 0 Å². The Hall–Kier alpha value is -2.94. The van der Waals surface area contributed by atoms with Gasteiger partial charge in [0.25, 0.3) is 0 Å². The van der Waals surface area contributed by atoms with E-state index >= 15 is 0 Å². The number of carboxylic acid groups (broad SMARTS) is 1. The molecule has 8 heteroatoms. The number of aromatic carboxylic acids is 1. The first-order chi connectivity index (χ1) is 13.7. The van der Waals surface area contributed by atoms with Gasteiger partial charge in [-0.1, -0.05) is 30.3 Å². The van der Waals surface area contributed by atoms with Crippen LogP contribution in [0.15, 0.2) is 59.5 Å². The SMILES string of the molecule is Cc1c(-c2cc3ccccc3n2C)sc(C(=O)O)c1-c1ccc(S(N)(=O)=O)cc1. The van der Waals surface area contributed by atoms with Crippen molar-refractivity contribution in [2.24, 2.45) is 12.2 Å². The van der Waals surface area contributed by atoms with Crippen LogP contribution in [0.5, 0.6) is 0 Å². The molecule has 0 amide bonds. The van der Waals surface area contributed by atoms with E-state index in [9.17, 15) is 18.3 Å². The number of para-hydroxylation sites is 1. The number of fused-ring (bicyclic) bond motifs is 1. The van der Waals surface area contributed by atoms with Gasteiger partial charge in [0, 0.05) is 23.5 Å². The number of sulfonamides is 1. The number of thiophene rings is 1. The molecule has 0 aliphatic carbocycles. The Balaban J connectivity index is 1.93. The van der Waals surface area contributed by atoms with Gasteiger partial charge in [-0.3, -0.25) is 0 Å². The summed E-state index contributed by atoms with van der Waals surface area (Å²) in [6.45, 7) is 1.89. The number of nitrogens with two attached hydrogens (primary N) is 1. The van der Waals surface area contributed by atoms with Gasteiger partial charge in [-0.2, -0.15) is 0 Å². The molecule has 0 unspecified atom stereocenters. The molecule has 2 heterocycles. The molecule has 4 rings (SSSR count). The number of aromatic nitrogens is 1. The molecular weight excluding hydrogens is 408 g/mol. The first-order valence-electron chi connectivity index (χ1n) is 8.73. The van der Waals surface area contributed by atoms with E-state index in [1.54, 1.807) is 12.1 Å². The van der Waals surface area contributed by atoms with Crippen molar-refractivity contribution in [2.75, 3.05) is 0 Å². The van der Waals surface area contributed by atoms with E-state index in [4.69, 9.17) is 5.14 Å². The van der Waals surface area contributed by atoms with Crippen LogP contribution in [0.3, 0.4) is 0 Å². The van der Waals surface area contributed by atoms with Crippen LogP contribution in [0.4, 0.5) is 0 Å². The van der Waals surface area contributed by atoms with Crippen molar-refractivity contribution in [3.8, 4) is 21.7 Å². The molecule has 29 heavy (non-hydrogen) atoms. The van der Waals surface area contributed by atoms with Gasteiger partial charge in [0.1, 0.15) is 4.88 Å². The van der Waals surface area contributed by atoms with Gasteiger partial charge >= 0.3 is 5.97 Å². The van der Waals surface area contributed by atoms with Crippen LogP contribution in [0.2, 0.25) is 0 Å². The highest BCUT2D eigenvalue weighted by Crippen LogP contribution is 2.43. The maximum atomic E-state index is 12.0. The zero-order valence-corrected chi connectivity index (χ0v) is 17.3. The molecule has 0 saturated heterocycles. The largest absolute Gasteiger partial charge is 0.477 e. The Labute approximate surface area is 171 Å². The summed E-state index contributed by atoms with van der Waals surface area (Å²) in [5.74, 6) is -1.02. The Bertz CT molecular complexity index is 1360. The highest BCUT2D eigenvalue weighted by Gasteiger charge is 2.24. The lowest BCUT2D eigenvalue weighted by Crippen LogP contribution is -2.11. The van der Waals surface area contributed by atoms with Crippen molar-refractivity contribution in [2.45, 2.75) is 11.8 Å².